The smallest absolute Gasteiger partial charge is 0.221 e. The van der Waals surface area contributed by atoms with Crippen LogP contribution in [0.15, 0.2) is 29.6 Å². The standard InChI is InChI=1S/C18H20N4OS/c1-12(23)19-15-10-13-14(11-16(15)22-7-3-2-4-8-22)21-18(20-13)17-6-5-9-24-17/h5-6,9-11H,2-4,7-8H2,1H3,(H,19,23)(H,20,21). The molecule has 0 radical (unpaired) electrons. The molecule has 1 aliphatic rings. The summed E-state index contributed by atoms with van der Waals surface area (Å²) in [5.74, 6) is 0.829. The van der Waals surface area contributed by atoms with Gasteiger partial charge in [-0.15, -0.1) is 11.3 Å². The molecule has 0 unspecified atom stereocenters. The number of carbonyl (C=O) groups is 1. The fourth-order valence-electron chi connectivity index (χ4n) is 3.26. The number of thiophene rings is 1. The number of imidazole rings is 1. The predicted molar refractivity (Wildman–Crippen MR) is 99.8 cm³/mol. The number of amides is 1. The van der Waals surface area contributed by atoms with Crippen molar-refractivity contribution in [2.45, 2.75) is 26.2 Å². The number of nitrogens with one attached hydrogen (secondary N) is 2. The van der Waals surface area contributed by atoms with Crippen LogP contribution in [0.2, 0.25) is 0 Å². The van der Waals surface area contributed by atoms with Crippen molar-refractivity contribution in [2.24, 2.45) is 0 Å². The lowest BCUT2D eigenvalue weighted by Crippen LogP contribution is -2.30. The van der Waals surface area contributed by atoms with E-state index in [-0.39, 0.29) is 5.91 Å². The highest BCUT2D eigenvalue weighted by Gasteiger charge is 2.18. The summed E-state index contributed by atoms with van der Waals surface area (Å²) in [6, 6.07) is 8.18. The molecule has 2 N–H and O–H groups in total. The maximum absolute atomic E-state index is 11.6. The fraction of sp³-hybridized carbons (Fsp3) is 0.333. The Morgan fingerprint density at radius 3 is 2.83 bits per heavy atom. The molecule has 1 saturated heterocycles. The van der Waals surface area contributed by atoms with Crippen LogP contribution in [0.1, 0.15) is 26.2 Å². The van der Waals surface area contributed by atoms with E-state index in [1.807, 2.05) is 17.5 Å². The number of anilines is 2. The minimum Gasteiger partial charge on any atom is -0.370 e. The van der Waals surface area contributed by atoms with Crippen molar-refractivity contribution < 1.29 is 4.79 Å². The van der Waals surface area contributed by atoms with Crippen molar-refractivity contribution in [2.75, 3.05) is 23.3 Å². The Morgan fingerprint density at radius 2 is 2.12 bits per heavy atom. The first-order chi connectivity index (χ1) is 11.7. The Balaban J connectivity index is 1.80. The van der Waals surface area contributed by atoms with E-state index < -0.39 is 0 Å². The highest BCUT2D eigenvalue weighted by molar-refractivity contribution is 7.13. The topological polar surface area (TPSA) is 61.0 Å². The molecule has 4 rings (SSSR count). The number of benzene rings is 1. The molecule has 2 aromatic heterocycles. The molecular formula is C18H20N4OS. The van der Waals surface area contributed by atoms with Crippen molar-refractivity contribution in [1.82, 2.24) is 9.97 Å². The molecule has 3 heterocycles. The molecule has 1 amide bonds. The normalized spacial score (nSPS) is 15.0. The van der Waals surface area contributed by atoms with E-state index in [0.29, 0.717) is 0 Å². The first-order valence-corrected chi connectivity index (χ1v) is 9.19. The second-order valence-electron chi connectivity index (χ2n) is 6.18. The van der Waals surface area contributed by atoms with Crippen LogP contribution in [-0.4, -0.2) is 29.0 Å². The molecule has 24 heavy (non-hydrogen) atoms. The first-order valence-electron chi connectivity index (χ1n) is 8.31. The quantitative estimate of drug-likeness (QED) is 0.750. The number of fused-ring (bicyclic) bond motifs is 1. The van der Waals surface area contributed by atoms with Gasteiger partial charge in [0.2, 0.25) is 5.91 Å². The van der Waals surface area contributed by atoms with Crippen molar-refractivity contribution in [1.29, 1.82) is 0 Å². The van der Waals surface area contributed by atoms with Gasteiger partial charge in [0.1, 0.15) is 5.82 Å². The van der Waals surface area contributed by atoms with Gasteiger partial charge in [0.25, 0.3) is 0 Å². The minimum atomic E-state index is -0.0504. The van der Waals surface area contributed by atoms with Gasteiger partial charge in [-0.05, 0) is 42.8 Å². The van der Waals surface area contributed by atoms with Gasteiger partial charge in [-0.1, -0.05) is 6.07 Å². The fourth-order valence-corrected chi connectivity index (χ4v) is 3.93. The van der Waals surface area contributed by atoms with Crippen molar-refractivity contribution >= 4 is 39.7 Å². The van der Waals surface area contributed by atoms with Gasteiger partial charge in [0.05, 0.1) is 27.3 Å². The molecule has 1 aliphatic heterocycles. The van der Waals surface area contributed by atoms with Crippen LogP contribution in [0.3, 0.4) is 0 Å². The molecule has 0 atom stereocenters. The lowest BCUT2D eigenvalue weighted by atomic mass is 10.1. The summed E-state index contributed by atoms with van der Waals surface area (Å²) in [5, 5.41) is 5.03. The van der Waals surface area contributed by atoms with Crippen LogP contribution in [0.5, 0.6) is 0 Å². The number of hydrogen-bond acceptors (Lipinski definition) is 4. The molecule has 124 valence electrons. The maximum Gasteiger partial charge on any atom is 0.221 e. The van der Waals surface area contributed by atoms with Crippen molar-refractivity contribution in [3.8, 4) is 10.7 Å². The molecular weight excluding hydrogens is 320 g/mol. The molecule has 6 heteroatoms. The summed E-state index contributed by atoms with van der Waals surface area (Å²) in [6.07, 6.45) is 3.66. The lowest BCUT2D eigenvalue weighted by Gasteiger charge is -2.30. The zero-order chi connectivity index (χ0) is 16.5. The van der Waals surface area contributed by atoms with Crippen molar-refractivity contribution in [3.05, 3.63) is 29.6 Å². The number of carbonyl (C=O) groups excluding carboxylic acids is 1. The molecule has 3 aromatic rings. The third-order valence-electron chi connectivity index (χ3n) is 4.36. The summed E-state index contributed by atoms with van der Waals surface area (Å²) >= 11 is 1.66. The summed E-state index contributed by atoms with van der Waals surface area (Å²) in [4.78, 5) is 23.2. The van der Waals surface area contributed by atoms with Crippen LogP contribution in [0.4, 0.5) is 11.4 Å². The largest absolute Gasteiger partial charge is 0.370 e. The highest BCUT2D eigenvalue weighted by Crippen LogP contribution is 2.34. The molecule has 0 aliphatic carbocycles. The van der Waals surface area contributed by atoms with Gasteiger partial charge < -0.3 is 15.2 Å². The molecule has 0 saturated carbocycles. The van der Waals surface area contributed by atoms with E-state index in [2.05, 4.69) is 27.3 Å². The molecule has 1 fully saturated rings. The molecule has 0 spiro atoms. The predicted octanol–water partition coefficient (Wildman–Crippen LogP) is 4.24. The van der Waals surface area contributed by atoms with E-state index in [1.54, 1.807) is 18.3 Å². The number of H-pyrrole nitrogens is 1. The molecule has 0 bridgehead atoms. The summed E-state index contributed by atoms with van der Waals surface area (Å²) in [7, 11) is 0. The van der Waals surface area contributed by atoms with Gasteiger partial charge in [-0.2, -0.15) is 0 Å². The summed E-state index contributed by atoms with van der Waals surface area (Å²) in [5.41, 5.74) is 3.82. The van der Waals surface area contributed by atoms with Crippen LogP contribution in [0, 0.1) is 0 Å². The molecule has 5 nitrogen and oxygen atoms in total. The van der Waals surface area contributed by atoms with E-state index in [0.717, 1.165) is 46.2 Å². The number of hydrogen-bond donors (Lipinski definition) is 2. The third kappa shape index (κ3) is 2.89. The van der Waals surface area contributed by atoms with Crippen molar-refractivity contribution in [3.63, 3.8) is 0 Å². The van der Waals surface area contributed by atoms with Gasteiger partial charge >= 0.3 is 0 Å². The Morgan fingerprint density at radius 1 is 1.29 bits per heavy atom. The van der Waals surface area contributed by atoms with Gasteiger partial charge in [-0.3, -0.25) is 4.79 Å². The zero-order valence-electron chi connectivity index (χ0n) is 13.6. The van der Waals surface area contributed by atoms with Gasteiger partial charge in [-0.25, -0.2) is 4.98 Å². The van der Waals surface area contributed by atoms with Crippen LogP contribution in [0.25, 0.3) is 21.7 Å². The number of piperidine rings is 1. The number of nitrogens with zero attached hydrogens (tertiary/aromatic N) is 2. The Kier molecular flexibility index (Phi) is 3.98. The second kappa shape index (κ2) is 6.28. The maximum atomic E-state index is 11.6. The lowest BCUT2D eigenvalue weighted by molar-refractivity contribution is -0.114. The highest BCUT2D eigenvalue weighted by atomic mass is 32.1. The number of aromatic nitrogens is 2. The van der Waals surface area contributed by atoms with E-state index in [1.165, 1.54) is 19.3 Å². The average Bonchev–Trinajstić information content (AvgIpc) is 3.23. The summed E-state index contributed by atoms with van der Waals surface area (Å²) < 4.78 is 0. The van der Waals surface area contributed by atoms with E-state index in [4.69, 9.17) is 4.98 Å². The monoisotopic (exact) mass is 340 g/mol. The van der Waals surface area contributed by atoms with E-state index in [9.17, 15) is 4.79 Å². The SMILES string of the molecule is CC(=O)Nc1cc2[nH]c(-c3cccs3)nc2cc1N1CCCCC1. The second-order valence-corrected chi connectivity index (χ2v) is 7.13. The number of aromatic amines is 1. The Labute approximate surface area is 144 Å². The third-order valence-corrected chi connectivity index (χ3v) is 5.24. The zero-order valence-corrected chi connectivity index (χ0v) is 14.4. The Hall–Kier alpha value is -2.34. The van der Waals surface area contributed by atoms with Gasteiger partial charge in [0.15, 0.2) is 0 Å². The van der Waals surface area contributed by atoms with Crippen LogP contribution < -0.4 is 10.2 Å². The Bertz CT molecular complexity index is 863. The minimum absolute atomic E-state index is 0.0504. The van der Waals surface area contributed by atoms with Crippen LogP contribution in [-0.2, 0) is 4.79 Å². The number of rotatable bonds is 3. The first kappa shape index (κ1) is 15.2. The van der Waals surface area contributed by atoms with Gasteiger partial charge in [0, 0.05) is 20.0 Å². The van der Waals surface area contributed by atoms with Crippen LogP contribution >= 0.6 is 11.3 Å². The molecule has 1 aromatic carbocycles. The summed E-state index contributed by atoms with van der Waals surface area (Å²) in [6.45, 7) is 3.61. The average molecular weight is 340 g/mol. The van der Waals surface area contributed by atoms with E-state index >= 15 is 0 Å².